The van der Waals surface area contributed by atoms with Crippen molar-refractivity contribution in [2.24, 2.45) is 5.73 Å². The minimum Gasteiger partial charge on any atom is -0.469 e. The molecule has 0 radical (unpaired) electrons. The third kappa shape index (κ3) is 4.20. The first kappa shape index (κ1) is 21.1. The van der Waals surface area contributed by atoms with Gasteiger partial charge in [0, 0.05) is 23.5 Å². The van der Waals surface area contributed by atoms with Crippen molar-refractivity contribution < 1.29 is 14.3 Å². The minimum atomic E-state index is -0.489. The van der Waals surface area contributed by atoms with Crippen LogP contribution in [0.1, 0.15) is 28.2 Å². The number of nitrogens with two attached hydrogens (primary N) is 1. The van der Waals surface area contributed by atoms with Crippen molar-refractivity contribution in [3.05, 3.63) is 84.2 Å². The summed E-state index contributed by atoms with van der Waals surface area (Å²) in [6.07, 6.45) is 2.41. The maximum Gasteiger partial charge on any atom is 0.305 e. The van der Waals surface area contributed by atoms with Crippen molar-refractivity contribution in [3.8, 4) is 22.3 Å². The zero-order valence-corrected chi connectivity index (χ0v) is 17.4. The molecule has 1 heterocycles. The Morgan fingerprint density at radius 2 is 1.63 bits per heavy atom. The highest BCUT2D eigenvalue weighted by molar-refractivity contribution is 6.02. The summed E-state index contributed by atoms with van der Waals surface area (Å²) in [7, 11) is 1.37. The second-order valence-electron chi connectivity index (χ2n) is 7.07. The van der Waals surface area contributed by atoms with Gasteiger partial charge in [0.15, 0.2) is 0 Å². The van der Waals surface area contributed by atoms with Gasteiger partial charge in [-0.25, -0.2) is 0 Å². The topological polar surface area (TPSA) is 74.3 Å². The van der Waals surface area contributed by atoms with E-state index in [9.17, 15) is 9.59 Å². The molecule has 5 heteroatoms. The molecule has 154 valence electrons. The fourth-order valence-electron chi connectivity index (χ4n) is 3.83. The zero-order chi connectivity index (χ0) is 21.7. The lowest BCUT2D eigenvalue weighted by atomic mass is 9.95. The van der Waals surface area contributed by atoms with Crippen LogP contribution in [0.4, 0.5) is 0 Å². The summed E-state index contributed by atoms with van der Waals surface area (Å²) in [5.41, 5.74) is 11.7. The third-order valence-corrected chi connectivity index (χ3v) is 5.26. The molecule has 1 aromatic heterocycles. The number of esters is 1. The second-order valence-corrected chi connectivity index (χ2v) is 7.07. The average Bonchev–Trinajstić information content (AvgIpc) is 3.04. The maximum atomic E-state index is 12.4. The molecule has 5 nitrogen and oxygen atoms in total. The van der Waals surface area contributed by atoms with Gasteiger partial charge in [-0.1, -0.05) is 60.7 Å². The number of benzene rings is 2. The molecule has 2 N–H and O–H groups in total. The lowest BCUT2D eigenvalue weighted by Crippen LogP contribution is -2.13. The van der Waals surface area contributed by atoms with Gasteiger partial charge >= 0.3 is 5.97 Å². The van der Waals surface area contributed by atoms with Crippen LogP contribution < -0.4 is 5.73 Å². The molecule has 0 saturated heterocycles. The van der Waals surface area contributed by atoms with E-state index in [4.69, 9.17) is 10.5 Å². The Morgan fingerprint density at radius 3 is 2.20 bits per heavy atom. The SMILES string of the molecule is C=CCn1c(C)c(C(N)=O)c(-c2ccc(-c3ccccc3)cc2)c1CCC(=O)OC. The zero-order valence-electron chi connectivity index (χ0n) is 17.4. The molecular formula is C25H26N2O3. The van der Waals surface area contributed by atoms with Crippen LogP contribution in [0.5, 0.6) is 0 Å². The van der Waals surface area contributed by atoms with E-state index in [-0.39, 0.29) is 12.4 Å². The smallest absolute Gasteiger partial charge is 0.305 e. The first-order valence-electron chi connectivity index (χ1n) is 9.83. The van der Waals surface area contributed by atoms with Gasteiger partial charge in [0.25, 0.3) is 5.91 Å². The van der Waals surface area contributed by atoms with Gasteiger partial charge in [-0.3, -0.25) is 9.59 Å². The Morgan fingerprint density at radius 1 is 1.03 bits per heavy atom. The molecule has 0 unspecified atom stereocenters. The van der Waals surface area contributed by atoms with Gasteiger partial charge in [0.1, 0.15) is 0 Å². The van der Waals surface area contributed by atoms with E-state index < -0.39 is 5.91 Å². The van der Waals surface area contributed by atoms with Crippen LogP contribution in [0.25, 0.3) is 22.3 Å². The van der Waals surface area contributed by atoms with Crippen LogP contribution in [0, 0.1) is 6.92 Å². The number of aromatic nitrogens is 1. The molecule has 0 aliphatic rings. The summed E-state index contributed by atoms with van der Waals surface area (Å²) in [4.78, 5) is 24.1. The normalized spacial score (nSPS) is 10.6. The van der Waals surface area contributed by atoms with Gasteiger partial charge in [0.05, 0.1) is 19.1 Å². The summed E-state index contributed by atoms with van der Waals surface area (Å²) >= 11 is 0. The summed E-state index contributed by atoms with van der Waals surface area (Å²) in [5.74, 6) is -0.790. The fraction of sp³-hybridized carbons (Fsp3) is 0.200. The number of ether oxygens (including phenoxy) is 1. The quantitative estimate of drug-likeness (QED) is 0.445. The molecule has 0 bridgehead atoms. The lowest BCUT2D eigenvalue weighted by Gasteiger charge is -2.12. The first-order chi connectivity index (χ1) is 14.5. The molecule has 30 heavy (non-hydrogen) atoms. The van der Waals surface area contributed by atoms with Crippen molar-refractivity contribution in [1.29, 1.82) is 0 Å². The average molecular weight is 402 g/mol. The van der Waals surface area contributed by atoms with Crippen LogP contribution in [0.3, 0.4) is 0 Å². The van der Waals surface area contributed by atoms with E-state index >= 15 is 0 Å². The molecule has 0 saturated carbocycles. The number of nitrogens with zero attached hydrogens (tertiary/aromatic N) is 1. The number of carbonyl (C=O) groups is 2. The molecule has 3 rings (SSSR count). The Hall–Kier alpha value is -3.60. The molecule has 3 aromatic rings. The number of primary amides is 1. The van der Waals surface area contributed by atoms with Crippen molar-refractivity contribution in [2.45, 2.75) is 26.3 Å². The molecule has 0 aliphatic heterocycles. The monoisotopic (exact) mass is 402 g/mol. The van der Waals surface area contributed by atoms with E-state index in [1.165, 1.54) is 7.11 Å². The van der Waals surface area contributed by atoms with Gasteiger partial charge < -0.3 is 15.0 Å². The van der Waals surface area contributed by atoms with Crippen molar-refractivity contribution in [3.63, 3.8) is 0 Å². The molecule has 0 atom stereocenters. The number of methoxy groups -OCH3 is 1. The van der Waals surface area contributed by atoms with Crippen molar-refractivity contribution >= 4 is 11.9 Å². The van der Waals surface area contributed by atoms with Gasteiger partial charge in [-0.2, -0.15) is 0 Å². The number of hydrogen-bond donors (Lipinski definition) is 1. The maximum absolute atomic E-state index is 12.4. The van der Waals surface area contributed by atoms with Gasteiger partial charge in [-0.15, -0.1) is 6.58 Å². The number of rotatable bonds is 8. The van der Waals surface area contributed by atoms with E-state index in [0.717, 1.165) is 33.6 Å². The molecule has 0 spiro atoms. The van der Waals surface area contributed by atoms with Crippen LogP contribution >= 0.6 is 0 Å². The highest BCUT2D eigenvalue weighted by Crippen LogP contribution is 2.35. The van der Waals surface area contributed by atoms with E-state index in [2.05, 4.69) is 18.7 Å². The Labute approximate surface area is 176 Å². The Balaban J connectivity index is 2.13. The van der Waals surface area contributed by atoms with E-state index in [1.54, 1.807) is 6.08 Å². The Bertz CT molecular complexity index is 1060. The summed E-state index contributed by atoms with van der Waals surface area (Å²) in [5, 5.41) is 0. The summed E-state index contributed by atoms with van der Waals surface area (Å²) < 4.78 is 6.80. The number of amides is 1. The van der Waals surface area contributed by atoms with Crippen LogP contribution in [-0.4, -0.2) is 23.6 Å². The lowest BCUT2D eigenvalue weighted by molar-refractivity contribution is -0.140. The molecule has 0 aliphatic carbocycles. The number of hydrogen-bond acceptors (Lipinski definition) is 3. The summed E-state index contributed by atoms with van der Waals surface area (Å²) in [6.45, 7) is 6.21. The number of carbonyl (C=O) groups excluding carboxylic acids is 2. The van der Waals surface area contributed by atoms with Crippen LogP contribution in [0.15, 0.2) is 67.3 Å². The fourth-order valence-corrected chi connectivity index (χ4v) is 3.83. The highest BCUT2D eigenvalue weighted by Gasteiger charge is 2.24. The van der Waals surface area contributed by atoms with Gasteiger partial charge in [0.2, 0.25) is 0 Å². The van der Waals surface area contributed by atoms with Crippen molar-refractivity contribution in [1.82, 2.24) is 4.57 Å². The second kappa shape index (κ2) is 9.27. The standard InChI is InChI=1S/C25H26N2O3/c1-4-16-27-17(2)23(25(26)29)24(21(27)14-15-22(28)30-3)20-12-10-19(11-13-20)18-8-6-5-7-9-18/h4-13H,1,14-16H2,2-3H3,(H2,26,29). The minimum absolute atomic E-state index is 0.213. The molecule has 0 fully saturated rings. The predicted molar refractivity (Wildman–Crippen MR) is 119 cm³/mol. The molecule has 1 amide bonds. The molecule has 2 aromatic carbocycles. The van der Waals surface area contributed by atoms with Crippen LogP contribution in [-0.2, 0) is 22.5 Å². The number of allylic oxidation sites excluding steroid dienone is 1. The predicted octanol–water partition coefficient (Wildman–Crippen LogP) is 4.52. The van der Waals surface area contributed by atoms with E-state index in [1.807, 2.05) is 54.0 Å². The van der Waals surface area contributed by atoms with Crippen LogP contribution in [0.2, 0.25) is 0 Å². The van der Waals surface area contributed by atoms with E-state index in [0.29, 0.717) is 18.5 Å². The summed E-state index contributed by atoms with van der Waals surface area (Å²) in [6, 6.07) is 18.1. The highest BCUT2D eigenvalue weighted by atomic mass is 16.5. The molecular weight excluding hydrogens is 376 g/mol. The largest absolute Gasteiger partial charge is 0.469 e. The van der Waals surface area contributed by atoms with Crippen molar-refractivity contribution in [2.75, 3.05) is 7.11 Å². The third-order valence-electron chi connectivity index (χ3n) is 5.26. The first-order valence-corrected chi connectivity index (χ1v) is 9.83. The Kier molecular flexibility index (Phi) is 6.52. The van der Waals surface area contributed by atoms with Gasteiger partial charge in [-0.05, 0) is 30.0 Å².